The summed E-state index contributed by atoms with van der Waals surface area (Å²) in [6, 6.07) is 16.2. The summed E-state index contributed by atoms with van der Waals surface area (Å²) < 4.78 is 44.9. The van der Waals surface area contributed by atoms with Gasteiger partial charge in [0.15, 0.2) is 0 Å². The molecule has 0 aliphatic rings. The number of hydrogen-bond acceptors (Lipinski definition) is 10. The van der Waals surface area contributed by atoms with Crippen LogP contribution < -0.4 is 9.47 Å². The maximum Gasteiger partial charge on any atom is 0.147 e. The van der Waals surface area contributed by atoms with E-state index >= 15 is 0 Å². The van der Waals surface area contributed by atoms with Gasteiger partial charge in [-0.1, -0.05) is 46.6 Å². The van der Waals surface area contributed by atoms with Crippen molar-refractivity contribution in [1.82, 2.24) is 0 Å². The molecule has 0 unspecified atom stereocenters. The molecule has 4 atom stereocenters. The van der Waals surface area contributed by atoms with Gasteiger partial charge < -0.3 is 37.9 Å². The summed E-state index contributed by atoms with van der Waals surface area (Å²) in [5.74, 6) is 1.13. The SMILES string of the molecule is COCCOCO[C@H]([C@@H](OCOCCOC)[C@@H](COc1ccccc1)N=[N+]=[N-])[C@@H](COc1ccccc1)N=[N+]=[N-]. The van der Waals surface area contributed by atoms with Crippen molar-refractivity contribution in [3.05, 3.63) is 81.5 Å². The van der Waals surface area contributed by atoms with Crippen LogP contribution in [-0.4, -0.2) is 91.7 Å². The Morgan fingerprint density at radius 2 is 1.02 bits per heavy atom. The van der Waals surface area contributed by atoms with Crippen LogP contribution in [0.4, 0.5) is 0 Å². The second-order valence-corrected chi connectivity index (χ2v) is 8.09. The maximum absolute atomic E-state index is 9.39. The first-order valence-corrected chi connectivity index (χ1v) is 12.5. The summed E-state index contributed by atoms with van der Waals surface area (Å²) in [4.78, 5) is 5.99. The van der Waals surface area contributed by atoms with Gasteiger partial charge >= 0.3 is 0 Å². The van der Waals surface area contributed by atoms with Crippen LogP contribution in [-0.2, 0) is 28.4 Å². The Bertz CT molecular complexity index is 927. The molecule has 0 spiro atoms. The molecule has 14 heteroatoms. The highest BCUT2D eigenvalue weighted by Gasteiger charge is 2.37. The molecule has 14 nitrogen and oxygen atoms in total. The van der Waals surface area contributed by atoms with Crippen LogP contribution in [0, 0.1) is 0 Å². The molecule has 0 saturated carbocycles. The summed E-state index contributed by atoms with van der Waals surface area (Å²) in [7, 11) is 3.10. The lowest BCUT2D eigenvalue weighted by Crippen LogP contribution is -2.50. The van der Waals surface area contributed by atoms with Crippen LogP contribution in [0.2, 0.25) is 0 Å². The Kier molecular flexibility index (Phi) is 17.3. The molecule has 0 aliphatic heterocycles. The number of rotatable bonds is 23. The van der Waals surface area contributed by atoms with E-state index in [-0.39, 0.29) is 40.0 Å². The van der Waals surface area contributed by atoms with Gasteiger partial charge in [-0.05, 0) is 35.3 Å². The van der Waals surface area contributed by atoms with Gasteiger partial charge in [-0.3, -0.25) is 0 Å². The Balaban J connectivity index is 2.33. The smallest absolute Gasteiger partial charge is 0.147 e. The van der Waals surface area contributed by atoms with E-state index < -0.39 is 24.3 Å². The second kappa shape index (κ2) is 21.3. The molecule has 0 bridgehead atoms. The molecular weight excluding hydrogens is 524 g/mol. The molecule has 0 aliphatic carbocycles. The van der Waals surface area contributed by atoms with E-state index in [2.05, 4.69) is 20.1 Å². The quantitative estimate of drug-likeness (QED) is 0.0627. The molecule has 2 aromatic carbocycles. The molecule has 218 valence electrons. The maximum atomic E-state index is 9.39. The standard InChI is InChI=1S/C26H36N6O8/c1-33-13-15-35-19-39-25(23(29-31-27)17-37-21-9-5-3-6-10-21)26(40-20-36-16-14-34-2)24(30-32-28)18-38-22-11-7-4-8-12-22/h3-12,23-26H,13-20H2,1-2H3/t23-,24-,25+,26+/m1/s1. The van der Waals surface area contributed by atoms with Gasteiger partial charge in [-0.15, -0.1) is 0 Å². The van der Waals surface area contributed by atoms with Crippen molar-refractivity contribution in [2.24, 2.45) is 10.2 Å². The Morgan fingerprint density at radius 3 is 1.38 bits per heavy atom. The lowest BCUT2D eigenvalue weighted by Gasteiger charge is -2.34. The van der Waals surface area contributed by atoms with Crippen molar-refractivity contribution in [2.75, 3.05) is 67.4 Å². The topological polar surface area (TPSA) is 171 Å². The van der Waals surface area contributed by atoms with Crippen molar-refractivity contribution in [3.8, 4) is 11.5 Å². The molecule has 0 heterocycles. The Labute approximate surface area is 233 Å². The van der Waals surface area contributed by atoms with Crippen molar-refractivity contribution in [1.29, 1.82) is 0 Å². The minimum atomic E-state index is -0.997. The summed E-state index contributed by atoms with van der Waals surface area (Å²) >= 11 is 0. The Morgan fingerprint density at radius 1 is 0.625 bits per heavy atom. The summed E-state index contributed by atoms with van der Waals surface area (Å²) in [6.07, 6.45) is -1.99. The largest absolute Gasteiger partial charge is 0.493 e. The predicted molar refractivity (Wildman–Crippen MR) is 145 cm³/mol. The van der Waals surface area contributed by atoms with E-state index in [0.717, 1.165) is 0 Å². The molecule has 2 aromatic rings. The molecule has 0 amide bonds. The second-order valence-electron chi connectivity index (χ2n) is 8.09. The van der Waals surface area contributed by atoms with Gasteiger partial charge in [0.1, 0.15) is 37.2 Å². The molecule has 0 radical (unpaired) electrons. The van der Waals surface area contributed by atoms with Gasteiger partial charge in [0.2, 0.25) is 0 Å². The number of methoxy groups -OCH3 is 2. The molecule has 2 rings (SSSR count). The van der Waals surface area contributed by atoms with Gasteiger partial charge in [0.25, 0.3) is 0 Å². The minimum absolute atomic E-state index is 0.0657. The highest BCUT2D eigenvalue weighted by molar-refractivity contribution is 5.22. The zero-order valence-electron chi connectivity index (χ0n) is 22.7. The zero-order valence-corrected chi connectivity index (χ0v) is 22.7. The highest BCUT2D eigenvalue weighted by Crippen LogP contribution is 2.22. The number of azide groups is 2. The monoisotopic (exact) mass is 560 g/mol. The van der Waals surface area contributed by atoms with Crippen molar-refractivity contribution >= 4 is 0 Å². The molecular formula is C26H36N6O8. The van der Waals surface area contributed by atoms with E-state index in [1.165, 1.54) is 0 Å². The first-order valence-electron chi connectivity index (χ1n) is 12.5. The first-order chi connectivity index (χ1) is 19.7. The number of ether oxygens (including phenoxy) is 8. The van der Waals surface area contributed by atoms with Gasteiger partial charge in [0, 0.05) is 24.0 Å². The zero-order chi connectivity index (χ0) is 28.7. The number of nitrogens with zero attached hydrogens (tertiary/aromatic N) is 6. The Hall–Kier alpha value is -3.58. The average molecular weight is 561 g/mol. The number of para-hydroxylation sites is 2. The summed E-state index contributed by atoms with van der Waals surface area (Å²) in [6.45, 7) is 0.715. The van der Waals surface area contributed by atoms with E-state index in [4.69, 9.17) is 37.9 Å². The van der Waals surface area contributed by atoms with Crippen LogP contribution in [0.5, 0.6) is 11.5 Å². The molecule has 0 N–H and O–H groups in total. The van der Waals surface area contributed by atoms with Crippen molar-refractivity contribution in [3.63, 3.8) is 0 Å². The van der Waals surface area contributed by atoms with Crippen molar-refractivity contribution in [2.45, 2.75) is 24.3 Å². The minimum Gasteiger partial charge on any atom is -0.493 e. The fourth-order valence-electron chi connectivity index (χ4n) is 3.42. The van der Waals surface area contributed by atoms with Crippen LogP contribution in [0.3, 0.4) is 0 Å². The number of benzene rings is 2. The summed E-state index contributed by atoms with van der Waals surface area (Å²) in [5.41, 5.74) is 18.8. The average Bonchev–Trinajstić information content (AvgIpc) is 2.99. The third-order valence-corrected chi connectivity index (χ3v) is 5.36. The first kappa shape index (κ1) is 32.6. The fourth-order valence-corrected chi connectivity index (χ4v) is 3.42. The third-order valence-electron chi connectivity index (χ3n) is 5.36. The van der Waals surface area contributed by atoms with Crippen LogP contribution in [0.1, 0.15) is 0 Å². The molecule has 0 fully saturated rings. The van der Waals surface area contributed by atoms with E-state index in [0.29, 0.717) is 24.7 Å². The lowest BCUT2D eigenvalue weighted by molar-refractivity contribution is -0.184. The van der Waals surface area contributed by atoms with Crippen LogP contribution in [0.15, 0.2) is 70.9 Å². The van der Waals surface area contributed by atoms with Crippen molar-refractivity contribution < 1.29 is 37.9 Å². The van der Waals surface area contributed by atoms with Crippen LogP contribution in [0.25, 0.3) is 20.9 Å². The summed E-state index contributed by atoms with van der Waals surface area (Å²) in [5, 5.41) is 7.86. The molecule has 40 heavy (non-hydrogen) atoms. The third kappa shape index (κ3) is 13.0. The van der Waals surface area contributed by atoms with Gasteiger partial charge in [-0.2, -0.15) is 0 Å². The fraction of sp³-hybridized carbons (Fsp3) is 0.538. The normalized spacial score (nSPS) is 13.8. The molecule has 0 aromatic heterocycles. The van der Waals surface area contributed by atoms with Gasteiger partial charge in [-0.25, -0.2) is 0 Å². The highest BCUT2D eigenvalue weighted by atomic mass is 16.7. The molecule has 0 saturated heterocycles. The van der Waals surface area contributed by atoms with E-state index in [1.807, 2.05) is 36.4 Å². The van der Waals surface area contributed by atoms with E-state index in [9.17, 15) is 11.1 Å². The van der Waals surface area contributed by atoms with Crippen LogP contribution >= 0.6 is 0 Å². The van der Waals surface area contributed by atoms with Gasteiger partial charge in [0.05, 0.1) is 51.8 Å². The number of hydrogen-bond donors (Lipinski definition) is 0. The predicted octanol–water partition coefficient (Wildman–Crippen LogP) is 4.51. The van der Waals surface area contributed by atoms with E-state index in [1.54, 1.807) is 38.5 Å². The lowest BCUT2D eigenvalue weighted by atomic mass is 10.00.